The standard InChI is InChI=1S/C21H23ClN2O/c1-16(21(25)18-6-4-3-5-7-18)14-23-12-13-24(17(2)15-23)20-10-8-19(22)9-11-20/h3-11,14,17H,12-13,15H2,1-2H3/b16-14+/t17-/m0/s1. The highest BCUT2D eigenvalue weighted by Crippen LogP contribution is 2.23. The average Bonchev–Trinajstić information content (AvgIpc) is 2.63. The highest BCUT2D eigenvalue weighted by Gasteiger charge is 2.23. The summed E-state index contributed by atoms with van der Waals surface area (Å²) in [6.07, 6.45) is 2.00. The third kappa shape index (κ3) is 4.23. The fourth-order valence-electron chi connectivity index (χ4n) is 3.27. The summed E-state index contributed by atoms with van der Waals surface area (Å²) in [4.78, 5) is 17.1. The van der Waals surface area contributed by atoms with Crippen molar-refractivity contribution in [2.75, 3.05) is 24.5 Å². The number of hydrogen-bond donors (Lipinski definition) is 0. The van der Waals surface area contributed by atoms with Gasteiger partial charge in [-0.1, -0.05) is 41.9 Å². The Kier molecular flexibility index (Phi) is 5.44. The molecule has 0 aromatic heterocycles. The number of allylic oxidation sites excluding steroid dienone is 1. The normalized spacial score (nSPS) is 18.4. The molecular weight excluding hydrogens is 332 g/mol. The van der Waals surface area contributed by atoms with E-state index >= 15 is 0 Å². The van der Waals surface area contributed by atoms with Gasteiger partial charge < -0.3 is 9.80 Å². The largest absolute Gasteiger partial charge is 0.373 e. The number of anilines is 1. The molecule has 1 atom stereocenters. The molecule has 1 saturated heterocycles. The summed E-state index contributed by atoms with van der Waals surface area (Å²) in [5, 5.41) is 0.757. The van der Waals surface area contributed by atoms with Crippen LogP contribution in [0.5, 0.6) is 0 Å². The third-order valence-corrected chi connectivity index (χ3v) is 4.84. The summed E-state index contributed by atoms with van der Waals surface area (Å²) in [5.41, 5.74) is 2.71. The SMILES string of the molecule is C/C(=C\N1CCN(c2ccc(Cl)cc2)[C@@H](C)C1)C(=O)c1ccccc1. The lowest BCUT2D eigenvalue weighted by Gasteiger charge is -2.41. The molecular formula is C21H23ClN2O. The van der Waals surface area contributed by atoms with Gasteiger partial charge in [0.25, 0.3) is 0 Å². The number of carbonyl (C=O) groups excluding carboxylic acids is 1. The minimum Gasteiger partial charge on any atom is -0.373 e. The van der Waals surface area contributed by atoms with E-state index in [2.05, 4.69) is 28.9 Å². The fourth-order valence-corrected chi connectivity index (χ4v) is 3.39. The molecule has 0 aliphatic carbocycles. The number of ketones is 1. The topological polar surface area (TPSA) is 23.6 Å². The number of halogens is 1. The zero-order valence-corrected chi connectivity index (χ0v) is 15.4. The first-order valence-electron chi connectivity index (χ1n) is 8.59. The summed E-state index contributed by atoms with van der Waals surface area (Å²) in [5.74, 6) is 0.0911. The predicted molar refractivity (Wildman–Crippen MR) is 104 cm³/mol. The lowest BCUT2D eigenvalue weighted by atomic mass is 10.1. The van der Waals surface area contributed by atoms with E-state index in [-0.39, 0.29) is 5.78 Å². The van der Waals surface area contributed by atoms with Crippen LogP contribution >= 0.6 is 11.6 Å². The summed E-state index contributed by atoms with van der Waals surface area (Å²) in [6, 6.07) is 17.8. The maximum atomic E-state index is 12.5. The maximum absolute atomic E-state index is 12.5. The van der Waals surface area contributed by atoms with Crippen molar-refractivity contribution in [3.63, 3.8) is 0 Å². The Hall–Kier alpha value is -2.26. The van der Waals surface area contributed by atoms with Crippen molar-refractivity contribution < 1.29 is 4.79 Å². The van der Waals surface area contributed by atoms with Gasteiger partial charge in [-0.15, -0.1) is 0 Å². The Morgan fingerprint density at radius 3 is 2.40 bits per heavy atom. The molecule has 1 aliphatic heterocycles. The van der Waals surface area contributed by atoms with Crippen LogP contribution < -0.4 is 4.90 Å². The molecule has 4 heteroatoms. The number of piperazine rings is 1. The van der Waals surface area contributed by atoms with Gasteiger partial charge in [0.2, 0.25) is 0 Å². The second kappa shape index (κ2) is 7.75. The lowest BCUT2D eigenvalue weighted by molar-refractivity contribution is 0.103. The Balaban J connectivity index is 1.66. The van der Waals surface area contributed by atoms with E-state index in [9.17, 15) is 4.79 Å². The van der Waals surface area contributed by atoms with E-state index in [4.69, 9.17) is 11.6 Å². The van der Waals surface area contributed by atoms with Gasteiger partial charge in [-0.3, -0.25) is 4.79 Å². The molecule has 0 bridgehead atoms. The van der Waals surface area contributed by atoms with Crippen molar-refractivity contribution in [1.29, 1.82) is 0 Å². The third-order valence-electron chi connectivity index (χ3n) is 4.59. The average molecular weight is 355 g/mol. The van der Waals surface area contributed by atoms with Crippen LogP contribution in [0.25, 0.3) is 0 Å². The molecule has 1 aliphatic rings. The maximum Gasteiger partial charge on any atom is 0.190 e. The molecule has 0 unspecified atom stereocenters. The lowest BCUT2D eigenvalue weighted by Crippen LogP contribution is -2.50. The molecule has 1 heterocycles. The van der Waals surface area contributed by atoms with E-state index < -0.39 is 0 Å². The summed E-state index contributed by atoms with van der Waals surface area (Å²) in [7, 11) is 0. The van der Waals surface area contributed by atoms with Gasteiger partial charge in [-0.25, -0.2) is 0 Å². The van der Waals surface area contributed by atoms with Crippen LogP contribution in [-0.4, -0.2) is 36.4 Å². The summed E-state index contributed by atoms with van der Waals surface area (Å²) < 4.78 is 0. The van der Waals surface area contributed by atoms with Crippen molar-refractivity contribution in [3.8, 4) is 0 Å². The van der Waals surface area contributed by atoms with Gasteiger partial charge in [-0.05, 0) is 38.1 Å². The first kappa shape index (κ1) is 17.6. The Bertz CT molecular complexity index is 755. The molecule has 0 radical (unpaired) electrons. The van der Waals surface area contributed by atoms with Gasteiger partial charge in [-0.2, -0.15) is 0 Å². The molecule has 0 saturated carbocycles. The minimum absolute atomic E-state index is 0.0911. The quantitative estimate of drug-likeness (QED) is 0.590. The van der Waals surface area contributed by atoms with E-state index in [0.717, 1.165) is 35.8 Å². The molecule has 3 nitrogen and oxygen atoms in total. The van der Waals surface area contributed by atoms with Gasteiger partial charge in [0, 0.05) is 53.7 Å². The van der Waals surface area contributed by atoms with Gasteiger partial charge in [0.05, 0.1) is 0 Å². The number of Topliss-reactive ketones (excluding diaryl/α,β-unsaturated/α-hetero) is 1. The molecule has 0 spiro atoms. The molecule has 2 aromatic rings. The van der Waals surface area contributed by atoms with Crippen molar-refractivity contribution in [2.24, 2.45) is 0 Å². The molecule has 25 heavy (non-hydrogen) atoms. The number of benzene rings is 2. The first-order valence-corrected chi connectivity index (χ1v) is 8.97. The van der Waals surface area contributed by atoms with Gasteiger partial charge in [0.1, 0.15) is 0 Å². The van der Waals surface area contributed by atoms with E-state index in [1.165, 1.54) is 5.69 Å². The van der Waals surface area contributed by atoms with E-state index in [1.807, 2.05) is 55.6 Å². The second-order valence-corrected chi connectivity index (χ2v) is 6.96. The number of nitrogens with zero attached hydrogens (tertiary/aromatic N) is 2. The fraction of sp³-hybridized carbons (Fsp3) is 0.286. The Morgan fingerprint density at radius 1 is 1.08 bits per heavy atom. The van der Waals surface area contributed by atoms with Crippen LogP contribution in [0.2, 0.25) is 5.02 Å². The number of carbonyl (C=O) groups is 1. The van der Waals surface area contributed by atoms with Gasteiger partial charge in [0.15, 0.2) is 5.78 Å². The summed E-state index contributed by atoms with van der Waals surface area (Å²) >= 11 is 5.98. The molecule has 3 rings (SSSR count). The van der Waals surface area contributed by atoms with Crippen molar-refractivity contribution in [2.45, 2.75) is 19.9 Å². The van der Waals surface area contributed by atoms with Crippen LogP contribution in [0.15, 0.2) is 66.4 Å². The Labute approximate surface area is 154 Å². The second-order valence-electron chi connectivity index (χ2n) is 6.52. The van der Waals surface area contributed by atoms with Crippen LogP contribution in [0, 0.1) is 0 Å². The molecule has 0 amide bonds. The van der Waals surface area contributed by atoms with Crippen LogP contribution in [0.4, 0.5) is 5.69 Å². The highest BCUT2D eigenvalue weighted by molar-refractivity contribution is 6.30. The van der Waals surface area contributed by atoms with Crippen LogP contribution in [-0.2, 0) is 0 Å². The van der Waals surface area contributed by atoms with Crippen molar-refractivity contribution >= 4 is 23.1 Å². The van der Waals surface area contributed by atoms with E-state index in [1.54, 1.807) is 0 Å². The van der Waals surface area contributed by atoms with Crippen LogP contribution in [0.1, 0.15) is 24.2 Å². The molecule has 2 aromatic carbocycles. The molecule has 1 fully saturated rings. The zero-order valence-electron chi connectivity index (χ0n) is 14.7. The monoisotopic (exact) mass is 354 g/mol. The van der Waals surface area contributed by atoms with Crippen molar-refractivity contribution in [1.82, 2.24) is 4.90 Å². The number of hydrogen-bond acceptors (Lipinski definition) is 3. The smallest absolute Gasteiger partial charge is 0.190 e. The predicted octanol–water partition coefficient (Wildman–Crippen LogP) is 4.64. The number of rotatable bonds is 4. The molecule has 130 valence electrons. The summed E-state index contributed by atoms with van der Waals surface area (Å²) in [6.45, 7) is 6.81. The Morgan fingerprint density at radius 2 is 1.76 bits per heavy atom. The van der Waals surface area contributed by atoms with Gasteiger partial charge >= 0.3 is 0 Å². The molecule has 0 N–H and O–H groups in total. The van der Waals surface area contributed by atoms with E-state index in [0.29, 0.717) is 6.04 Å². The van der Waals surface area contributed by atoms with Crippen molar-refractivity contribution in [3.05, 3.63) is 77.0 Å². The minimum atomic E-state index is 0.0911. The van der Waals surface area contributed by atoms with Crippen LogP contribution in [0.3, 0.4) is 0 Å². The first-order chi connectivity index (χ1) is 12.0. The zero-order chi connectivity index (χ0) is 17.8. The highest BCUT2D eigenvalue weighted by atomic mass is 35.5.